The van der Waals surface area contributed by atoms with Crippen LogP contribution in [0.15, 0.2) is 167 Å². The molecule has 20 heteroatoms. The molecule has 11 aromatic rings. The zero-order valence-electron chi connectivity index (χ0n) is 35.8. The number of non-ortho nitro benzene ring substituents is 1. The van der Waals surface area contributed by atoms with Crippen molar-refractivity contribution in [2.75, 3.05) is 16.4 Å². The predicted octanol–water partition coefficient (Wildman–Crippen LogP) is 13.6. The number of nitro groups is 1. The van der Waals surface area contributed by atoms with E-state index in [1.807, 2.05) is 66.7 Å². The Kier molecular flexibility index (Phi) is 15.5. The van der Waals surface area contributed by atoms with Gasteiger partial charge in [-0.15, -0.1) is 22.7 Å². The number of nitro benzene ring substituents is 1. The van der Waals surface area contributed by atoms with Gasteiger partial charge in [-0.3, -0.25) is 19.7 Å². The number of aromatic nitrogens is 6. The quantitative estimate of drug-likeness (QED) is 0.0618. The van der Waals surface area contributed by atoms with Crippen molar-refractivity contribution in [3.63, 3.8) is 0 Å². The normalized spacial score (nSPS) is 10.6. The number of para-hydroxylation sites is 4. The molecule has 6 heterocycles. The van der Waals surface area contributed by atoms with Gasteiger partial charge in [0.25, 0.3) is 17.5 Å². The summed E-state index contributed by atoms with van der Waals surface area (Å²) in [4.78, 5) is 59.3. The van der Waals surface area contributed by atoms with Gasteiger partial charge >= 0.3 is 0 Å². The second kappa shape index (κ2) is 22.4. The number of hydrogen-bond acceptors (Lipinski definition) is 13. The minimum absolute atomic E-state index is 0.0231. The lowest BCUT2D eigenvalue weighted by Gasteiger charge is -2.09. The van der Waals surface area contributed by atoms with Crippen molar-refractivity contribution < 1.29 is 18.9 Å². The van der Waals surface area contributed by atoms with Crippen molar-refractivity contribution in [1.29, 1.82) is 0 Å². The van der Waals surface area contributed by atoms with Crippen molar-refractivity contribution in [3.8, 4) is 11.3 Å². The van der Waals surface area contributed by atoms with Crippen LogP contribution in [0.2, 0.25) is 15.5 Å². The number of nitrogen functional groups attached to an aromatic ring is 1. The first-order chi connectivity index (χ1) is 33.9. The van der Waals surface area contributed by atoms with E-state index in [1.165, 1.54) is 40.9 Å². The molecule has 346 valence electrons. The Hall–Kier alpha value is -8.06. The molecule has 6 aromatic heterocycles. The molecule has 0 unspecified atom stereocenters. The van der Waals surface area contributed by atoms with Crippen LogP contribution in [-0.4, -0.2) is 46.6 Å². The summed E-state index contributed by atoms with van der Waals surface area (Å²) >= 11 is 20.0. The highest BCUT2D eigenvalue weighted by Gasteiger charge is 2.14. The third-order valence-corrected chi connectivity index (χ3v) is 11.7. The molecule has 5 aromatic carbocycles. The summed E-state index contributed by atoms with van der Waals surface area (Å²) in [6.45, 7) is 0. The maximum absolute atomic E-state index is 13.5. The molecule has 0 fully saturated rings. The highest BCUT2D eigenvalue weighted by Crippen LogP contribution is 2.28. The average Bonchev–Trinajstić information content (AvgIpc) is 4.12. The minimum Gasteiger partial charge on any atom is -0.397 e. The smallest absolute Gasteiger partial charge is 0.295 e. The molecule has 0 radical (unpaired) electrons. The summed E-state index contributed by atoms with van der Waals surface area (Å²) < 4.78 is 13.5. The zero-order valence-corrected chi connectivity index (χ0v) is 39.7. The van der Waals surface area contributed by atoms with Crippen LogP contribution in [-0.2, 0) is 0 Å². The molecule has 4 N–H and O–H groups in total. The molecule has 0 spiro atoms. The number of carbonyl (C=O) groups excluding carboxylic acids is 2. The number of thiazole rings is 2. The summed E-state index contributed by atoms with van der Waals surface area (Å²) in [6.07, 6.45) is 0. The van der Waals surface area contributed by atoms with Crippen molar-refractivity contribution in [2.24, 2.45) is 0 Å². The molecule has 11 rings (SSSR count). The number of carbonyl (C=O) groups is 2. The predicted molar refractivity (Wildman–Crippen MR) is 279 cm³/mol. The van der Waals surface area contributed by atoms with Crippen molar-refractivity contribution in [1.82, 2.24) is 29.9 Å². The van der Waals surface area contributed by atoms with Gasteiger partial charge in [0.15, 0.2) is 0 Å². The van der Waals surface area contributed by atoms with Crippen LogP contribution in [0.25, 0.3) is 54.9 Å². The molecule has 0 saturated heterocycles. The molecule has 2 amide bonds. The lowest BCUT2D eigenvalue weighted by Crippen LogP contribution is -2.12. The maximum atomic E-state index is 13.5. The van der Waals surface area contributed by atoms with Crippen LogP contribution in [0.3, 0.4) is 0 Å². The number of nitrogens with one attached hydrogen (secondary N) is 2. The average molecular weight is 1030 g/mol. The maximum Gasteiger partial charge on any atom is 0.295 e. The number of nitrogens with two attached hydrogens (primary N) is 1. The van der Waals surface area contributed by atoms with E-state index in [-0.39, 0.29) is 28.5 Å². The largest absolute Gasteiger partial charge is 0.397 e. The van der Waals surface area contributed by atoms with Gasteiger partial charge in [0.05, 0.1) is 55.3 Å². The van der Waals surface area contributed by atoms with Crippen LogP contribution in [0.1, 0.15) is 21.0 Å². The number of anilines is 3. The van der Waals surface area contributed by atoms with Crippen LogP contribution < -0.4 is 16.4 Å². The van der Waals surface area contributed by atoms with Gasteiger partial charge in [-0.2, -0.15) is 0 Å². The molecule has 70 heavy (non-hydrogen) atoms. The fourth-order valence-electron chi connectivity index (χ4n) is 6.70. The summed E-state index contributed by atoms with van der Waals surface area (Å²) in [7, 11) is 0. The highest BCUT2D eigenvalue weighted by molar-refractivity contribution is 7.08. The Morgan fingerprint density at radius 2 is 1.01 bits per heavy atom. The highest BCUT2D eigenvalue weighted by atomic mass is 35.5. The van der Waals surface area contributed by atoms with Gasteiger partial charge in [0, 0.05) is 43.9 Å². The molecular weight excluding hydrogens is 994 g/mol. The number of rotatable bonds is 6. The molecule has 0 saturated carbocycles. The van der Waals surface area contributed by atoms with E-state index < -0.39 is 4.92 Å². The lowest BCUT2D eigenvalue weighted by atomic mass is 10.1. The van der Waals surface area contributed by atoms with E-state index in [1.54, 1.807) is 82.4 Å². The first kappa shape index (κ1) is 48.4. The first-order valence-electron chi connectivity index (χ1n) is 20.5. The Balaban J connectivity index is 0.000000131. The molecule has 0 atom stereocenters. The summed E-state index contributed by atoms with van der Waals surface area (Å²) in [5, 5.41) is 24.3. The van der Waals surface area contributed by atoms with Crippen LogP contribution >= 0.6 is 57.5 Å². The van der Waals surface area contributed by atoms with Gasteiger partial charge in [-0.05, 0) is 72.8 Å². The van der Waals surface area contributed by atoms with Gasteiger partial charge in [-0.25, -0.2) is 34.3 Å². The number of pyridine rings is 4. The Bertz CT molecular complexity index is 3690. The second-order valence-corrected chi connectivity index (χ2v) is 17.1. The van der Waals surface area contributed by atoms with Gasteiger partial charge in [0.2, 0.25) is 0 Å². The second-order valence-electron chi connectivity index (χ2n) is 14.5. The van der Waals surface area contributed by atoms with Gasteiger partial charge in [0.1, 0.15) is 38.2 Å². The fraction of sp³-hybridized carbons (Fsp3) is 0. The molecule has 0 aliphatic rings. The molecule has 0 bridgehead atoms. The van der Waals surface area contributed by atoms with E-state index >= 15 is 0 Å². The Labute approximate surface area is 419 Å². The number of fused-ring (bicyclic) bond motifs is 4. The first-order valence-corrected chi connectivity index (χ1v) is 23.5. The van der Waals surface area contributed by atoms with Crippen LogP contribution in [0.5, 0.6) is 0 Å². The van der Waals surface area contributed by atoms with E-state index in [9.17, 15) is 24.1 Å². The van der Waals surface area contributed by atoms with Crippen molar-refractivity contribution >= 4 is 136 Å². The topological polar surface area (TPSA) is 205 Å². The lowest BCUT2D eigenvalue weighted by molar-refractivity contribution is -0.383. The monoisotopic (exact) mass is 1020 g/mol. The summed E-state index contributed by atoms with van der Waals surface area (Å²) in [6, 6.07) is 42.1. The van der Waals surface area contributed by atoms with Crippen molar-refractivity contribution in [2.45, 2.75) is 0 Å². The molecular formula is C50H32Cl3FN10O4S2. The summed E-state index contributed by atoms with van der Waals surface area (Å²) in [5.74, 6) is -0.855. The Morgan fingerprint density at radius 1 is 0.557 bits per heavy atom. The minimum atomic E-state index is -0.467. The Morgan fingerprint density at radius 3 is 1.54 bits per heavy atom. The fourth-order valence-corrected chi connectivity index (χ4v) is 8.21. The van der Waals surface area contributed by atoms with Crippen molar-refractivity contribution in [3.05, 3.63) is 210 Å². The third-order valence-electron chi connectivity index (χ3n) is 9.93. The van der Waals surface area contributed by atoms with Gasteiger partial charge in [-0.1, -0.05) is 102 Å². The standard InChI is InChI=1S/C19H12FN3OS.C13H8ClN3OS.C9H5ClN2O2.C9H7ClN2/c20-14-5-1-4-13(9-14)15-8-7-12-3-2-6-16(18(12)22-15)23-19(24)17-10-25-11-21-17;14-11-5-4-8-2-1-3-9(12(8)17-11)16-13(18)10-6-19-7-15-10;10-8-5-4-6-2-1-3-7(12(13)14)9(6)11-8;10-8-5-4-6-2-1-3-7(11)9(6)12-8/h1-11H,(H,23,24);1-7H,(H,16,18);1-5H;1-5H,11H2. The number of hydrogen-bond donors (Lipinski definition) is 3. The van der Waals surface area contributed by atoms with E-state index in [0.29, 0.717) is 71.9 Å². The molecule has 0 aliphatic carbocycles. The zero-order chi connectivity index (χ0) is 49.1. The van der Waals surface area contributed by atoms with Gasteiger partial charge < -0.3 is 16.4 Å². The third kappa shape index (κ3) is 12.0. The molecule has 0 aliphatic heterocycles. The van der Waals surface area contributed by atoms with E-state index in [0.717, 1.165) is 21.7 Å². The number of amides is 2. The number of benzene rings is 5. The van der Waals surface area contributed by atoms with Crippen LogP contribution in [0.4, 0.5) is 27.1 Å². The van der Waals surface area contributed by atoms with E-state index in [2.05, 4.69) is 40.5 Å². The SMILES string of the molecule is Nc1cccc2ccc(Cl)nc12.O=C(Nc1cccc2ccc(-c3cccc(F)c3)nc12)c1cscn1.O=C(Nc1cccc2ccc(Cl)nc12)c1cscn1.O=[N+]([O-])c1cccc2ccc(Cl)nc12. The number of nitrogens with zero attached hydrogens (tertiary/aromatic N) is 7. The van der Waals surface area contributed by atoms with E-state index in [4.69, 9.17) is 40.5 Å². The van der Waals surface area contributed by atoms with Crippen LogP contribution in [0, 0.1) is 15.9 Å². The summed E-state index contributed by atoms with van der Waals surface area (Å²) in [5.41, 5.74) is 15.3. The number of halogens is 4. The molecule has 14 nitrogen and oxygen atoms in total.